The Morgan fingerprint density at radius 3 is 0.747 bits per heavy atom. The molecule has 0 aliphatic carbocycles. The van der Waals surface area contributed by atoms with Crippen molar-refractivity contribution in [2.24, 2.45) is 0 Å². The molecule has 1 unspecified atom stereocenters. The van der Waals surface area contributed by atoms with Crippen LogP contribution < -0.4 is 0 Å². The molecule has 0 heterocycles. The van der Waals surface area contributed by atoms with Crippen LogP contribution in [0, 0.1) is 0 Å². The van der Waals surface area contributed by atoms with E-state index < -0.39 is 6.10 Å². The Hall–Kier alpha value is -3.93. The number of esters is 3. The topological polar surface area (TPSA) is 78.9 Å². The predicted molar refractivity (Wildman–Crippen MR) is 362 cm³/mol. The average Bonchev–Trinajstić information content (AvgIpc) is 3.49. The number of unbranched alkanes of at least 4 members (excludes halogenated alkanes) is 35. The molecule has 83 heavy (non-hydrogen) atoms. The van der Waals surface area contributed by atoms with Crippen LogP contribution in [0.5, 0.6) is 0 Å². The van der Waals surface area contributed by atoms with Crippen molar-refractivity contribution in [3.63, 3.8) is 0 Å². The Balaban J connectivity index is 4.37. The first-order chi connectivity index (χ1) is 41.0. The summed E-state index contributed by atoms with van der Waals surface area (Å²) in [5.74, 6) is -0.907. The van der Waals surface area contributed by atoms with E-state index in [1.807, 2.05) is 0 Å². The van der Waals surface area contributed by atoms with Crippen LogP contribution in [0.25, 0.3) is 0 Å². The largest absolute Gasteiger partial charge is 0.462 e. The van der Waals surface area contributed by atoms with Gasteiger partial charge in [-0.2, -0.15) is 0 Å². The van der Waals surface area contributed by atoms with Crippen molar-refractivity contribution in [3.8, 4) is 0 Å². The van der Waals surface area contributed by atoms with Crippen LogP contribution in [0.15, 0.2) is 109 Å². The highest BCUT2D eigenvalue weighted by molar-refractivity contribution is 5.71. The molecule has 0 rings (SSSR count). The molecule has 0 saturated carbocycles. The van der Waals surface area contributed by atoms with Crippen molar-refractivity contribution in [3.05, 3.63) is 109 Å². The van der Waals surface area contributed by atoms with E-state index in [0.717, 1.165) is 128 Å². The lowest BCUT2D eigenvalue weighted by Gasteiger charge is -2.18. The molecule has 0 radical (unpaired) electrons. The molecule has 0 spiro atoms. The molecule has 0 N–H and O–H groups in total. The Labute approximate surface area is 514 Å². The minimum absolute atomic E-state index is 0.0884. The average molecular weight is 1150 g/mol. The molecule has 0 bridgehead atoms. The minimum Gasteiger partial charge on any atom is -0.462 e. The summed E-state index contributed by atoms with van der Waals surface area (Å²) in [6.07, 6.45) is 96.8. The van der Waals surface area contributed by atoms with Gasteiger partial charge in [0.1, 0.15) is 13.2 Å². The fourth-order valence-corrected chi connectivity index (χ4v) is 9.99. The lowest BCUT2D eigenvalue weighted by Crippen LogP contribution is -2.30. The molecule has 0 aliphatic heterocycles. The molecular formula is C77H132O6. The van der Waals surface area contributed by atoms with Crippen LogP contribution in [-0.4, -0.2) is 37.2 Å². The van der Waals surface area contributed by atoms with Crippen molar-refractivity contribution in [1.29, 1.82) is 0 Å². The molecule has 6 nitrogen and oxygen atoms in total. The Morgan fingerprint density at radius 1 is 0.253 bits per heavy atom. The number of carbonyl (C=O) groups is 3. The van der Waals surface area contributed by atoms with Gasteiger partial charge in [-0.3, -0.25) is 14.4 Å². The zero-order valence-corrected chi connectivity index (χ0v) is 54.7. The van der Waals surface area contributed by atoms with Gasteiger partial charge in [0.2, 0.25) is 0 Å². The van der Waals surface area contributed by atoms with E-state index in [0.29, 0.717) is 19.3 Å². The molecule has 0 aromatic heterocycles. The molecule has 0 aliphatic rings. The van der Waals surface area contributed by atoms with Crippen LogP contribution in [0.3, 0.4) is 0 Å². The molecule has 1 atom stereocenters. The third-order valence-electron chi connectivity index (χ3n) is 15.3. The molecule has 6 heteroatoms. The summed E-state index contributed by atoms with van der Waals surface area (Å²) in [6.45, 7) is 6.53. The van der Waals surface area contributed by atoms with Gasteiger partial charge in [0.25, 0.3) is 0 Å². The quantitative estimate of drug-likeness (QED) is 0.0261. The molecule has 0 amide bonds. The summed E-state index contributed by atoms with van der Waals surface area (Å²) in [5.41, 5.74) is 0. The zero-order chi connectivity index (χ0) is 59.9. The normalized spacial score (nSPS) is 12.8. The van der Waals surface area contributed by atoms with Gasteiger partial charge in [0.15, 0.2) is 6.10 Å². The molecular weight excluding hydrogens is 1020 g/mol. The van der Waals surface area contributed by atoms with Crippen LogP contribution in [0.2, 0.25) is 0 Å². The van der Waals surface area contributed by atoms with Crippen LogP contribution >= 0.6 is 0 Å². The lowest BCUT2D eigenvalue weighted by molar-refractivity contribution is -0.167. The second-order valence-electron chi connectivity index (χ2n) is 23.4. The van der Waals surface area contributed by atoms with Gasteiger partial charge in [-0.05, 0) is 109 Å². The molecule has 476 valence electrons. The SMILES string of the molecule is CC/C=C\C/C=C\C/C=C\C/C=C\C/C=C\C/C=C\C/C=C\C/C=C\CCCCCCC(=O)OCC(COC(=O)CCCCCCC/C=C\CCCCCCC)OC(=O)CCCCCCCCCCCCCCCCCCCCCCCC. The van der Waals surface area contributed by atoms with E-state index >= 15 is 0 Å². The van der Waals surface area contributed by atoms with E-state index in [9.17, 15) is 14.4 Å². The van der Waals surface area contributed by atoms with Crippen LogP contribution in [0.1, 0.15) is 342 Å². The number of ether oxygens (including phenoxy) is 3. The summed E-state index contributed by atoms with van der Waals surface area (Å²) in [6, 6.07) is 0. The third-order valence-corrected chi connectivity index (χ3v) is 15.3. The summed E-state index contributed by atoms with van der Waals surface area (Å²) in [5, 5.41) is 0. The second-order valence-corrected chi connectivity index (χ2v) is 23.4. The standard InChI is InChI=1S/C77H132O6/c1-4-7-10-13-16-19-22-25-28-30-32-34-36-37-38-39-40-41-42-44-45-47-49-52-55-58-61-64-67-70-76(79)82-73-74(72-81-75(78)69-66-63-60-57-54-51-27-24-21-18-15-12-9-6-3)83-77(80)71-68-65-62-59-56-53-50-48-46-43-35-33-31-29-26-23-20-17-14-11-8-5-2/h7,10,16,19,24-25,27-28,32,34,37-38,40-41,44-45,49,52,74H,4-6,8-9,11-15,17-18,20-23,26,29-31,33,35-36,39,42-43,46-48,50-51,53-73H2,1-3H3/b10-7-,19-16-,27-24-,28-25-,34-32-,38-37-,41-40-,45-44-,52-49-. The smallest absolute Gasteiger partial charge is 0.306 e. The van der Waals surface area contributed by atoms with Crippen LogP contribution in [0.4, 0.5) is 0 Å². The molecule has 0 aromatic carbocycles. The highest BCUT2D eigenvalue weighted by Crippen LogP contribution is 2.17. The fourth-order valence-electron chi connectivity index (χ4n) is 9.99. The first kappa shape index (κ1) is 79.1. The molecule has 0 fully saturated rings. The maximum absolute atomic E-state index is 13.0. The number of carbonyl (C=O) groups excluding carboxylic acids is 3. The second kappa shape index (κ2) is 70.6. The van der Waals surface area contributed by atoms with E-state index in [2.05, 4.69) is 130 Å². The Bertz CT molecular complexity index is 1660. The van der Waals surface area contributed by atoms with E-state index in [-0.39, 0.29) is 31.1 Å². The lowest BCUT2D eigenvalue weighted by atomic mass is 10.0. The van der Waals surface area contributed by atoms with Gasteiger partial charge < -0.3 is 14.2 Å². The van der Waals surface area contributed by atoms with Crippen molar-refractivity contribution in [1.82, 2.24) is 0 Å². The number of hydrogen-bond donors (Lipinski definition) is 0. The summed E-state index contributed by atoms with van der Waals surface area (Å²) >= 11 is 0. The van der Waals surface area contributed by atoms with Gasteiger partial charge in [-0.1, -0.05) is 323 Å². The zero-order valence-electron chi connectivity index (χ0n) is 54.7. The van der Waals surface area contributed by atoms with E-state index in [1.165, 1.54) is 173 Å². The molecule has 0 saturated heterocycles. The van der Waals surface area contributed by atoms with Crippen molar-refractivity contribution in [2.45, 2.75) is 348 Å². The Kier molecular flexibility index (Phi) is 67.2. The van der Waals surface area contributed by atoms with Crippen molar-refractivity contribution in [2.75, 3.05) is 13.2 Å². The van der Waals surface area contributed by atoms with Gasteiger partial charge >= 0.3 is 17.9 Å². The summed E-state index contributed by atoms with van der Waals surface area (Å²) in [4.78, 5) is 38.4. The summed E-state index contributed by atoms with van der Waals surface area (Å²) < 4.78 is 17.0. The third kappa shape index (κ3) is 68.7. The maximum Gasteiger partial charge on any atom is 0.306 e. The van der Waals surface area contributed by atoms with E-state index in [1.54, 1.807) is 0 Å². The van der Waals surface area contributed by atoms with Gasteiger partial charge in [0, 0.05) is 19.3 Å². The van der Waals surface area contributed by atoms with Crippen molar-refractivity contribution < 1.29 is 28.6 Å². The predicted octanol–water partition coefficient (Wildman–Crippen LogP) is 24.6. The fraction of sp³-hybridized carbons (Fsp3) is 0.727. The van der Waals surface area contributed by atoms with Gasteiger partial charge in [0.05, 0.1) is 0 Å². The van der Waals surface area contributed by atoms with Gasteiger partial charge in [-0.15, -0.1) is 0 Å². The maximum atomic E-state index is 13.0. The highest BCUT2D eigenvalue weighted by atomic mass is 16.6. The Morgan fingerprint density at radius 2 is 0.470 bits per heavy atom. The number of hydrogen-bond acceptors (Lipinski definition) is 6. The van der Waals surface area contributed by atoms with Crippen LogP contribution in [-0.2, 0) is 28.6 Å². The number of rotatable bonds is 64. The van der Waals surface area contributed by atoms with Crippen molar-refractivity contribution >= 4 is 17.9 Å². The highest BCUT2D eigenvalue weighted by Gasteiger charge is 2.19. The first-order valence-electron chi connectivity index (χ1n) is 35.4. The molecule has 0 aromatic rings. The number of allylic oxidation sites excluding steroid dienone is 18. The van der Waals surface area contributed by atoms with E-state index in [4.69, 9.17) is 14.2 Å². The minimum atomic E-state index is -0.794. The van der Waals surface area contributed by atoms with Gasteiger partial charge in [-0.25, -0.2) is 0 Å². The first-order valence-corrected chi connectivity index (χ1v) is 35.4. The summed E-state index contributed by atoms with van der Waals surface area (Å²) in [7, 11) is 0. The monoisotopic (exact) mass is 1150 g/mol.